The minimum atomic E-state index is -0.601. The number of amides is 2. The summed E-state index contributed by atoms with van der Waals surface area (Å²) in [5.41, 5.74) is 2.37. The van der Waals surface area contributed by atoms with Crippen molar-refractivity contribution in [3.63, 3.8) is 0 Å². The van der Waals surface area contributed by atoms with Crippen molar-refractivity contribution >= 4 is 6.03 Å². The molecule has 0 radical (unpaired) electrons. The van der Waals surface area contributed by atoms with Crippen molar-refractivity contribution in [1.82, 2.24) is 20.6 Å². The van der Waals surface area contributed by atoms with Crippen LogP contribution < -0.4 is 10.6 Å². The van der Waals surface area contributed by atoms with Gasteiger partial charge in [0.1, 0.15) is 6.33 Å². The summed E-state index contributed by atoms with van der Waals surface area (Å²) in [7, 11) is 0. The summed E-state index contributed by atoms with van der Waals surface area (Å²) in [6.45, 7) is 5.71. The van der Waals surface area contributed by atoms with E-state index in [-0.39, 0.29) is 18.7 Å². The van der Waals surface area contributed by atoms with Crippen LogP contribution >= 0.6 is 0 Å². The predicted octanol–water partition coefficient (Wildman–Crippen LogP) is 3.05. The first-order valence-electron chi connectivity index (χ1n) is 8.52. The second-order valence-corrected chi connectivity index (χ2v) is 6.54. The Morgan fingerprint density at radius 2 is 1.84 bits per heavy atom. The molecule has 1 aromatic heterocycles. The van der Waals surface area contributed by atoms with Crippen molar-refractivity contribution in [2.45, 2.75) is 45.2 Å². The molecule has 0 aliphatic heterocycles. The molecule has 134 valence electrons. The molecule has 0 unspecified atom stereocenters. The van der Waals surface area contributed by atoms with Crippen LogP contribution in [0.1, 0.15) is 45.2 Å². The fraction of sp³-hybridized carbons (Fsp3) is 0.421. The van der Waals surface area contributed by atoms with E-state index in [4.69, 9.17) is 0 Å². The molecule has 1 heterocycles. The van der Waals surface area contributed by atoms with Gasteiger partial charge in [0.05, 0.1) is 18.2 Å². The van der Waals surface area contributed by atoms with Crippen LogP contribution in [0.3, 0.4) is 0 Å². The number of aromatic nitrogens is 2. The molecule has 0 saturated carbocycles. The fourth-order valence-electron chi connectivity index (χ4n) is 2.74. The summed E-state index contributed by atoms with van der Waals surface area (Å²) < 4.78 is 0. The van der Waals surface area contributed by atoms with E-state index in [0.717, 1.165) is 29.5 Å². The molecule has 2 rings (SSSR count). The van der Waals surface area contributed by atoms with Crippen LogP contribution in [0.15, 0.2) is 43.0 Å². The number of aliphatic hydroxyl groups excluding tert-OH is 1. The maximum absolute atomic E-state index is 12.2. The highest BCUT2D eigenvalue weighted by Crippen LogP contribution is 2.20. The number of nitrogens with one attached hydrogen (secondary N) is 2. The maximum Gasteiger partial charge on any atom is 0.315 e. The first-order chi connectivity index (χ1) is 12.0. The molecule has 0 bridgehead atoms. The Hall–Kier alpha value is -2.47. The van der Waals surface area contributed by atoms with Gasteiger partial charge in [-0.1, -0.05) is 37.6 Å². The van der Waals surface area contributed by atoms with Gasteiger partial charge in [-0.15, -0.1) is 0 Å². The maximum atomic E-state index is 12.2. The zero-order valence-electron chi connectivity index (χ0n) is 15.0. The van der Waals surface area contributed by atoms with Crippen LogP contribution in [-0.2, 0) is 0 Å². The fourth-order valence-corrected chi connectivity index (χ4v) is 2.74. The van der Waals surface area contributed by atoms with E-state index >= 15 is 0 Å². The summed E-state index contributed by atoms with van der Waals surface area (Å²) in [6, 6.07) is 7.50. The van der Waals surface area contributed by atoms with Crippen molar-refractivity contribution in [3.8, 4) is 11.1 Å². The molecule has 0 aliphatic rings. The highest BCUT2D eigenvalue weighted by molar-refractivity contribution is 5.75. The average molecular weight is 342 g/mol. The molecule has 2 aromatic rings. The SMILES string of the molecule is CCC[C@@](C)(CO)NC(=O)N[C@H](C)c1ccc(-c2cncnc2)cc1. The van der Waals surface area contributed by atoms with Crippen molar-refractivity contribution in [1.29, 1.82) is 0 Å². The zero-order valence-corrected chi connectivity index (χ0v) is 15.0. The number of hydrogen-bond acceptors (Lipinski definition) is 4. The normalized spacial score (nSPS) is 14.4. The summed E-state index contributed by atoms with van der Waals surface area (Å²) in [4.78, 5) is 20.3. The quantitative estimate of drug-likeness (QED) is 0.722. The van der Waals surface area contributed by atoms with E-state index in [0.29, 0.717) is 0 Å². The lowest BCUT2D eigenvalue weighted by molar-refractivity contribution is 0.162. The molecular formula is C19H26N4O2. The molecule has 3 N–H and O–H groups in total. The number of hydrogen-bond donors (Lipinski definition) is 3. The Balaban J connectivity index is 1.98. The lowest BCUT2D eigenvalue weighted by atomic mass is 9.97. The van der Waals surface area contributed by atoms with Crippen LogP contribution in [0.5, 0.6) is 0 Å². The highest BCUT2D eigenvalue weighted by Gasteiger charge is 2.25. The topological polar surface area (TPSA) is 87.1 Å². The highest BCUT2D eigenvalue weighted by atomic mass is 16.3. The van der Waals surface area contributed by atoms with Crippen molar-refractivity contribution in [2.24, 2.45) is 0 Å². The van der Waals surface area contributed by atoms with Crippen molar-refractivity contribution in [3.05, 3.63) is 48.5 Å². The van der Waals surface area contributed by atoms with Gasteiger partial charge in [-0.05, 0) is 31.4 Å². The molecule has 0 spiro atoms. The van der Waals surface area contributed by atoms with Gasteiger partial charge >= 0.3 is 6.03 Å². The molecule has 0 saturated heterocycles. The number of carbonyl (C=O) groups is 1. The first kappa shape index (κ1) is 18.9. The minimum absolute atomic E-state index is 0.0868. The molecule has 0 fully saturated rings. The van der Waals surface area contributed by atoms with Gasteiger partial charge in [-0.2, -0.15) is 0 Å². The lowest BCUT2D eigenvalue weighted by Crippen LogP contribution is -2.52. The summed E-state index contributed by atoms with van der Waals surface area (Å²) in [5, 5.41) is 15.3. The Labute approximate surface area is 148 Å². The van der Waals surface area contributed by atoms with Crippen LogP contribution in [0.25, 0.3) is 11.1 Å². The summed E-state index contributed by atoms with van der Waals surface area (Å²) >= 11 is 0. The van der Waals surface area contributed by atoms with Gasteiger partial charge in [0.15, 0.2) is 0 Å². The van der Waals surface area contributed by atoms with Gasteiger partial charge in [-0.25, -0.2) is 14.8 Å². The molecule has 2 amide bonds. The van der Waals surface area contributed by atoms with Gasteiger partial charge in [0, 0.05) is 18.0 Å². The van der Waals surface area contributed by atoms with Crippen LogP contribution in [0, 0.1) is 0 Å². The van der Waals surface area contributed by atoms with Gasteiger partial charge in [0.25, 0.3) is 0 Å². The third kappa shape index (κ3) is 5.26. The Morgan fingerprint density at radius 3 is 2.40 bits per heavy atom. The standard InChI is InChI=1S/C19H26N4O2/c1-4-9-19(3,12-24)23-18(25)22-14(2)15-5-7-16(8-6-15)17-10-20-13-21-11-17/h5-8,10-11,13-14,24H,4,9,12H2,1-3H3,(H2,22,23,25)/t14-,19+/m1/s1. The van der Waals surface area contributed by atoms with E-state index in [1.165, 1.54) is 6.33 Å². The van der Waals surface area contributed by atoms with E-state index in [9.17, 15) is 9.90 Å². The summed E-state index contributed by atoms with van der Waals surface area (Å²) in [6.07, 6.45) is 6.64. The minimum Gasteiger partial charge on any atom is -0.394 e. The van der Waals surface area contributed by atoms with Crippen molar-refractivity contribution < 1.29 is 9.90 Å². The van der Waals surface area contributed by atoms with E-state index < -0.39 is 5.54 Å². The number of rotatable bonds is 7. The van der Waals surface area contributed by atoms with Crippen LogP contribution in [0.2, 0.25) is 0 Å². The Bertz CT molecular complexity index is 676. The number of carbonyl (C=O) groups excluding carboxylic acids is 1. The van der Waals surface area contributed by atoms with Crippen LogP contribution in [0.4, 0.5) is 4.79 Å². The van der Waals surface area contributed by atoms with Crippen molar-refractivity contribution in [2.75, 3.05) is 6.61 Å². The van der Waals surface area contributed by atoms with E-state index in [1.807, 2.05) is 45.0 Å². The lowest BCUT2D eigenvalue weighted by Gasteiger charge is -2.29. The third-order valence-corrected chi connectivity index (χ3v) is 4.22. The van der Waals surface area contributed by atoms with Gasteiger partial charge < -0.3 is 15.7 Å². The molecule has 6 nitrogen and oxygen atoms in total. The van der Waals surface area contributed by atoms with Gasteiger partial charge in [0.2, 0.25) is 0 Å². The smallest absolute Gasteiger partial charge is 0.315 e. The third-order valence-electron chi connectivity index (χ3n) is 4.22. The molecule has 6 heteroatoms. The molecule has 0 aliphatic carbocycles. The number of benzene rings is 1. The molecule has 25 heavy (non-hydrogen) atoms. The first-order valence-corrected chi connectivity index (χ1v) is 8.52. The Kier molecular flexibility index (Phi) is 6.47. The molecule has 2 atom stereocenters. The van der Waals surface area contributed by atoms with E-state index in [1.54, 1.807) is 12.4 Å². The largest absolute Gasteiger partial charge is 0.394 e. The van der Waals surface area contributed by atoms with E-state index in [2.05, 4.69) is 20.6 Å². The molecule has 1 aromatic carbocycles. The monoisotopic (exact) mass is 342 g/mol. The predicted molar refractivity (Wildman–Crippen MR) is 97.9 cm³/mol. The zero-order chi connectivity index (χ0) is 18.3. The number of nitrogens with zero attached hydrogens (tertiary/aromatic N) is 2. The number of urea groups is 1. The summed E-state index contributed by atoms with van der Waals surface area (Å²) in [5.74, 6) is 0. The second-order valence-electron chi connectivity index (χ2n) is 6.54. The average Bonchev–Trinajstić information content (AvgIpc) is 2.62. The molecular weight excluding hydrogens is 316 g/mol. The second kappa shape index (κ2) is 8.58. The van der Waals surface area contributed by atoms with Crippen LogP contribution in [-0.4, -0.2) is 33.3 Å². The number of aliphatic hydroxyl groups is 1. The van der Waals surface area contributed by atoms with Gasteiger partial charge in [-0.3, -0.25) is 0 Å². The Morgan fingerprint density at radius 1 is 1.20 bits per heavy atom.